The van der Waals surface area contributed by atoms with Gasteiger partial charge in [-0.15, -0.1) is 0 Å². The van der Waals surface area contributed by atoms with Crippen molar-refractivity contribution >= 4 is 15.9 Å². The van der Waals surface area contributed by atoms with E-state index in [0.717, 1.165) is 23.2 Å². The van der Waals surface area contributed by atoms with Crippen LogP contribution in [0.25, 0.3) is 0 Å². The number of halogens is 1. The second-order valence-corrected chi connectivity index (χ2v) is 6.40. The number of alkyl halides is 1. The average molecular weight is 305 g/mol. The molecule has 0 saturated carbocycles. The quantitative estimate of drug-likeness (QED) is 0.696. The van der Waals surface area contributed by atoms with Crippen molar-refractivity contribution < 1.29 is 0 Å². The van der Waals surface area contributed by atoms with Gasteiger partial charge in [-0.25, -0.2) is 0 Å². The van der Waals surface area contributed by atoms with Crippen LogP contribution in [0.2, 0.25) is 0 Å². The van der Waals surface area contributed by atoms with Gasteiger partial charge < -0.3 is 4.90 Å². The van der Waals surface area contributed by atoms with E-state index < -0.39 is 0 Å². The molecule has 0 N–H and O–H groups in total. The van der Waals surface area contributed by atoms with E-state index in [9.17, 15) is 0 Å². The Balaban J connectivity index is 2.31. The van der Waals surface area contributed by atoms with Crippen LogP contribution < -0.4 is 0 Å². The lowest BCUT2D eigenvalue weighted by atomic mass is 9.97. The standard InChI is InChI=1S/C14H29BrN2/c1-5-13(4)17-8-6-16(7-9-17)11-14(10-15)12(2)3/h12-14H,5-11H2,1-4H3. The summed E-state index contributed by atoms with van der Waals surface area (Å²) in [5.74, 6) is 1.58. The Morgan fingerprint density at radius 1 is 1.06 bits per heavy atom. The van der Waals surface area contributed by atoms with Crippen molar-refractivity contribution in [3.05, 3.63) is 0 Å². The zero-order valence-electron chi connectivity index (χ0n) is 12.0. The van der Waals surface area contributed by atoms with Crippen LogP contribution in [0.4, 0.5) is 0 Å². The zero-order chi connectivity index (χ0) is 12.8. The van der Waals surface area contributed by atoms with Gasteiger partial charge in [0.25, 0.3) is 0 Å². The highest BCUT2D eigenvalue weighted by atomic mass is 79.9. The van der Waals surface area contributed by atoms with Crippen LogP contribution in [-0.2, 0) is 0 Å². The monoisotopic (exact) mass is 304 g/mol. The molecule has 0 aliphatic carbocycles. The van der Waals surface area contributed by atoms with Gasteiger partial charge in [0.05, 0.1) is 0 Å². The number of nitrogens with zero attached hydrogens (tertiary/aromatic N) is 2. The predicted molar refractivity (Wildman–Crippen MR) is 79.9 cm³/mol. The molecule has 0 spiro atoms. The van der Waals surface area contributed by atoms with E-state index in [0.29, 0.717) is 0 Å². The zero-order valence-corrected chi connectivity index (χ0v) is 13.5. The van der Waals surface area contributed by atoms with Gasteiger partial charge in [-0.05, 0) is 25.2 Å². The number of hydrogen-bond acceptors (Lipinski definition) is 2. The minimum Gasteiger partial charge on any atom is -0.300 e. The summed E-state index contributed by atoms with van der Waals surface area (Å²) in [4.78, 5) is 5.28. The lowest BCUT2D eigenvalue weighted by molar-refractivity contribution is 0.0872. The molecule has 1 heterocycles. The van der Waals surface area contributed by atoms with Crippen LogP contribution in [0.15, 0.2) is 0 Å². The highest BCUT2D eigenvalue weighted by Crippen LogP contribution is 2.17. The maximum Gasteiger partial charge on any atom is 0.0113 e. The second kappa shape index (κ2) is 7.75. The van der Waals surface area contributed by atoms with Crippen LogP contribution in [0.1, 0.15) is 34.1 Å². The van der Waals surface area contributed by atoms with Gasteiger partial charge >= 0.3 is 0 Å². The summed E-state index contributed by atoms with van der Waals surface area (Å²) in [6.45, 7) is 15.6. The molecule has 1 fully saturated rings. The molecule has 17 heavy (non-hydrogen) atoms. The molecule has 2 atom stereocenters. The maximum absolute atomic E-state index is 3.65. The van der Waals surface area contributed by atoms with Crippen molar-refractivity contribution in [3.63, 3.8) is 0 Å². The summed E-state index contributed by atoms with van der Waals surface area (Å²) >= 11 is 3.65. The normalized spacial score (nSPS) is 22.9. The smallest absolute Gasteiger partial charge is 0.0113 e. The van der Waals surface area contributed by atoms with Gasteiger partial charge in [0, 0.05) is 44.1 Å². The first-order valence-electron chi connectivity index (χ1n) is 7.10. The van der Waals surface area contributed by atoms with Crippen molar-refractivity contribution in [2.24, 2.45) is 11.8 Å². The fraction of sp³-hybridized carbons (Fsp3) is 1.00. The Labute approximate surface area is 116 Å². The summed E-state index contributed by atoms with van der Waals surface area (Å²) in [5, 5.41) is 1.14. The van der Waals surface area contributed by atoms with Crippen molar-refractivity contribution in [1.82, 2.24) is 9.80 Å². The summed E-state index contributed by atoms with van der Waals surface area (Å²) in [7, 11) is 0. The SMILES string of the molecule is CCC(C)N1CCN(CC(CBr)C(C)C)CC1. The predicted octanol–water partition coefficient (Wildman–Crippen LogP) is 3.07. The van der Waals surface area contributed by atoms with Gasteiger partial charge in [0.1, 0.15) is 0 Å². The summed E-state index contributed by atoms with van der Waals surface area (Å²) < 4.78 is 0. The van der Waals surface area contributed by atoms with E-state index >= 15 is 0 Å². The molecule has 1 aliphatic heterocycles. The van der Waals surface area contributed by atoms with E-state index in [2.05, 4.69) is 53.4 Å². The minimum absolute atomic E-state index is 0.759. The molecule has 0 bridgehead atoms. The molecule has 0 aromatic carbocycles. The van der Waals surface area contributed by atoms with Gasteiger partial charge in [-0.3, -0.25) is 4.90 Å². The number of hydrogen-bond donors (Lipinski definition) is 0. The van der Waals surface area contributed by atoms with E-state index in [-0.39, 0.29) is 0 Å². The highest BCUT2D eigenvalue weighted by Gasteiger charge is 2.22. The summed E-state index contributed by atoms with van der Waals surface area (Å²) in [6.07, 6.45) is 1.27. The third-order valence-electron chi connectivity index (χ3n) is 4.25. The first kappa shape index (κ1) is 15.5. The van der Waals surface area contributed by atoms with E-state index in [1.807, 2.05) is 0 Å². The Kier molecular flexibility index (Phi) is 7.05. The molecule has 0 amide bonds. The Hall–Kier alpha value is 0.400. The molecular weight excluding hydrogens is 276 g/mol. The molecule has 0 radical (unpaired) electrons. The molecule has 0 aromatic rings. The Morgan fingerprint density at radius 2 is 1.65 bits per heavy atom. The van der Waals surface area contributed by atoms with Gasteiger partial charge in [-0.1, -0.05) is 36.7 Å². The van der Waals surface area contributed by atoms with Crippen molar-refractivity contribution in [2.75, 3.05) is 38.1 Å². The van der Waals surface area contributed by atoms with Gasteiger partial charge in [0.2, 0.25) is 0 Å². The Morgan fingerprint density at radius 3 is 2.06 bits per heavy atom. The lowest BCUT2D eigenvalue weighted by Crippen LogP contribution is -2.50. The fourth-order valence-electron chi connectivity index (χ4n) is 2.41. The Bertz CT molecular complexity index is 200. The second-order valence-electron chi connectivity index (χ2n) is 5.75. The topological polar surface area (TPSA) is 6.48 Å². The average Bonchev–Trinajstić information content (AvgIpc) is 2.35. The highest BCUT2D eigenvalue weighted by molar-refractivity contribution is 9.09. The molecule has 2 unspecified atom stereocenters. The molecule has 2 nitrogen and oxygen atoms in total. The van der Waals surface area contributed by atoms with Crippen LogP contribution >= 0.6 is 15.9 Å². The summed E-state index contributed by atoms with van der Waals surface area (Å²) in [5.41, 5.74) is 0. The number of piperazine rings is 1. The molecule has 102 valence electrons. The van der Waals surface area contributed by atoms with Crippen molar-refractivity contribution in [3.8, 4) is 0 Å². The molecule has 1 rings (SSSR count). The summed E-state index contributed by atoms with van der Waals surface area (Å²) in [6, 6.07) is 0.759. The van der Waals surface area contributed by atoms with Gasteiger partial charge in [-0.2, -0.15) is 0 Å². The van der Waals surface area contributed by atoms with Crippen LogP contribution in [0.5, 0.6) is 0 Å². The van der Waals surface area contributed by atoms with Crippen LogP contribution in [-0.4, -0.2) is 53.9 Å². The fourth-order valence-corrected chi connectivity index (χ4v) is 3.37. The number of rotatable bonds is 6. The largest absolute Gasteiger partial charge is 0.300 e. The third-order valence-corrected chi connectivity index (χ3v) is 5.09. The maximum atomic E-state index is 3.65. The van der Waals surface area contributed by atoms with Crippen LogP contribution in [0.3, 0.4) is 0 Å². The first-order valence-corrected chi connectivity index (χ1v) is 8.23. The van der Waals surface area contributed by atoms with E-state index in [1.165, 1.54) is 39.1 Å². The van der Waals surface area contributed by atoms with Gasteiger partial charge in [0.15, 0.2) is 0 Å². The minimum atomic E-state index is 0.759. The third kappa shape index (κ3) is 4.88. The molecule has 1 saturated heterocycles. The molecule has 0 aromatic heterocycles. The van der Waals surface area contributed by atoms with E-state index in [4.69, 9.17) is 0 Å². The van der Waals surface area contributed by atoms with Crippen LogP contribution in [0, 0.1) is 11.8 Å². The lowest BCUT2D eigenvalue weighted by Gasteiger charge is -2.39. The first-order chi connectivity index (χ1) is 8.08. The molecule has 3 heteroatoms. The molecule has 1 aliphatic rings. The van der Waals surface area contributed by atoms with E-state index in [1.54, 1.807) is 0 Å². The van der Waals surface area contributed by atoms with Crippen molar-refractivity contribution in [1.29, 1.82) is 0 Å². The molecular formula is C14H29BrN2. The van der Waals surface area contributed by atoms with Crippen molar-refractivity contribution in [2.45, 2.75) is 40.2 Å².